The summed E-state index contributed by atoms with van der Waals surface area (Å²) in [5, 5.41) is 2.90. The topological polar surface area (TPSA) is 68.0 Å². The van der Waals surface area contributed by atoms with E-state index in [2.05, 4.69) is 17.2 Å². The van der Waals surface area contributed by atoms with E-state index in [-0.39, 0.29) is 5.91 Å². The summed E-state index contributed by atoms with van der Waals surface area (Å²) >= 11 is 0. The lowest BCUT2D eigenvalue weighted by molar-refractivity contribution is 0.0952. The van der Waals surface area contributed by atoms with Crippen molar-refractivity contribution < 1.29 is 4.79 Å². The molecule has 0 saturated heterocycles. The molecule has 0 spiro atoms. The van der Waals surface area contributed by atoms with Crippen molar-refractivity contribution in [3.05, 3.63) is 29.6 Å². The molecule has 1 amide bonds. The Morgan fingerprint density at radius 3 is 2.94 bits per heavy atom. The molecular formula is C13H21N3O. The van der Waals surface area contributed by atoms with Crippen LogP contribution in [-0.2, 0) is 6.54 Å². The number of carbonyl (C=O) groups excluding carboxylic acids is 1. The second kappa shape index (κ2) is 7.79. The number of amides is 1. The maximum absolute atomic E-state index is 11.8. The Balaban J connectivity index is 2.36. The first-order chi connectivity index (χ1) is 8.27. The van der Waals surface area contributed by atoms with E-state index >= 15 is 0 Å². The molecule has 1 aromatic rings. The Kier molecular flexibility index (Phi) is 6.25. The molecule has 3 N–H and O–H groups in total. The van der Waals surface area contributed by atoms with E-state index in [1.807, 2.05) is 0 Å². The molecule has 1 heterocycles. The molecule has 4 nitrogen and oxygen atoms in total. The highest BCUT2D eigenvalue weighted by molar-refractivity contribution is 5.94. The molecule has 0 aromatic carbocycles. The minimum absolute atomic E-state index is 0.0430. The van der Waals surface area contributed by atoms with Gasteiger partial charge in [-0.05, 0) is 18.6 Å². The van der Waals surface area contributed by atoms with Crippen LogP contribution < -0.4 is 11.1 Å². The number of carbonyl (C=O) groups is 1. The van der Waals surface area contributed by atoms with Crippen molar-refractivity contribution >= 4 is 5.91 Å². The zero-order valence-electron chi connectivity index (χ0n) is 10.4. The lowest BCUT2D eigenvalue weighted by Gasteiger charge is -2.05. The molecule has 4 heteroatoms. The van der Waals surface area contributed by atoms with Crippen LogP contribution in [0.4, 0.5) is 0 Å². The quantitative estimate of drug-likeness (QED) is 0.709. The smallest absolute Gasteiger partial charge is 0.251 e. The number of nitrogens with zero attached hydrogens (tertiary/aromatic N) is 1. The maximum Gasteiger partial charge on any atom is 0.251 e. The number of aromatic nitrogens is 1. The van der Waals surface area contributed by atoms with Crippen LogP contribution >= 0.6 is 0 Å². The van der Waals surface area contributed by atoms with Gasteiger partial charge in [0, 0.05) is 24.8 Å². The third kappa shape index (κ3) is 4.95. The summed E-state index contributed by atoms with van der Waals surface area (Å²) in [6.45, 7) is 3.26. The largest absolute Gasteiger partial charge is 0.352 e. The second-order valence-electron chi connectivity index (χ2n) is 4.06. The molecule has 0 saturated carbocycles. The highest BCUT2D eigenvalue weighted by atomic mass is 16.1. The lowest BCUT2D eigenvalue weighted by Crippen LogP contribution is -2.24. The second-order valence-corrected chi connectivity index (χ2v) is 4.06. The van der Waals surface area contributed by atoms with Gasteiger partial charge >= 0.3 is 0 Å². The minimum atomic E-state index is -0.0430. The van der Waals surface area contributed by atoms with Gasteiger partial charge in [0.1, 0.15) is 0 Å². The molecule has 0 aliphatic carbocycles. The standard InChI is InChI=1S/C13H21N3O/c1-2-3-4-5-7-16-13(17)11-6-8-15-12(9-11)10-14/h6,8-9H,2-5,7,10,14H2,1H3,(H,16,17). The van der Waals surface area contributed by atoms with Gasteiger partial charge in [0.25, 0.3) is 5.91 Å². The number of nitrogens with one attached hydrogen (secondary N) is 1. The van der Waals surface area contributed by atoms with Crippen molar-refractivity contribution in [1.82, 2.24) is 10.3 Å². The number of unbranched alkanes of at least 4 members (excludes halogenated alkanes) is 3. The Labute approximate surface area is 103 Å². The number of pyridine rings is 1. The first-order valence-electron chi connectivity index (χ1n) is 6.21. The van der Waals surface area contributed by atoms with Crippen molar-refractivity contribution in [2.45, 2.75) is 39.2 Å². The van der Waals surface area contributed by atoms with E-state index < -0.39 is 0 Å². The van der Waals surface area contributed by atoms with E-state index in [9.17, 15) is 4.79 Å². The number of rotatable bonds is 7. The van der Waals surface area contributed by atoms with Crippen LogP contribution in [0.25, 0.3) is 0 Å². The van der Waals surface area contributed by atoms with Gasteiger partial charge in [-0.3, -0.25) is 9.78 Å². The van der Waals surface area contributed by atoms with Crippen LogP contribution in [0.2, 0.25) is 0 Å². The van der Waals surface area contributed by atoms with E-state index in [4.69, 9.17) is 5.73 Å². The molecule has 0 bridgehead atoms. The lowest BCUT2D eigenvalue weighted by atomic mass is 10.2. The van der Waals surface area contributed by atoms with Crippen molar-refractivity contribution in [1.29, 1.82) is 0 Å². The van der Waals surface area contributed by atoms with Gasteiger partial charge in [0.15, 0.2) is 0 Å². The van der Waals surface area contributed by atoms with E-state index in [0.717, 1.165) is 18.7 Å². The number of hydrogen-bond acceptors (Lipinski definition) is 3. The fourth-order valence-corrected chi connectivity index (χ4v) is 1.59. The maximum atomic E-state index is 11.8. The van der Waals surface area contributed by atoms with Crippen molar-refractivity contribution in [2.75, 3.05) is 6.54 Å². The molecule has 0 radical (unpaired) electrons. The SMILES string of the molecule is CCCCCCNC(=O)c1ccnc(CN)c1. The normalized spacial score (nSPS) is 10.2. The van der Waals surface area contributed by atoms with Crippen molar-refractivity contribution in [2.24, 2.45) is 5.73 Å². The molecule has 0 fully saturated rings. The van der Waals surface area contributed by atoms with Gasteiger partial charge in [-0.1, -0.05) is 26.2 Å². The third-order valence-electron chi connectivity index (χ3n) is 2.60. The van der Waals surface area contributed by atoms with Crippen LogP contribution in [0.1, 0.15) is 48.7 Å². The van der Waals surface area contributed by atoms with Gasteiger partial charge in [0.05, 0.1) is 5.69 Å². The van der Waals surface area contributed by atoms with Gasteiger partial charge in [0.2, 0.25) is 0 Å². The van der Waals surface area contributed by atoms with Crippen LogP contribution in [0, 0.1) is 0 Å². The van der Waals surface area contributed by atoms with Gasteiger partial charge in [-0.15, -0.1) is 0 Å². The zero-order valence-corrected chi connectivity index (χ0v) is 10.4. The molecule has 1 rings (SSSR count). The summed E-state index contributed by atoms with van der Waals surface area (Å²) < 4.78 is 0. The minimum Gasteiger partial charge on any atom is -0.352 e. The Bertz CT molecular complexity index is 352. The third-order valence-corrected chi connectivity index (χ3v) is 2.60. The fraction of sp³-hybridized carbons (Fsp3) is 0.538. The average molecular weight is 235 g/mol. The molecule has 0 aliphatic heterocycles. The summed E-state index contributed by atoms with van der Waals surface area (Å²) in [5.74, 6) is -0.0430. The van der Waals surface area contributed by atoms with Crippen molar-refractivity contribution in [3.63, 3.8) is 0 Å². The summed E-state index contributed by atoms with van der Waals surface area (Å²) in [6, 6.07) is 3.45. The molecule has 94 valence electrons. The molecule has 17 heavy (non-hydrogen) atoms. The van der Waals surface area contributed by atoms with E-state index in [1.54, 1.807) is 18.3 Å². The molecule has 1 aromatic heterocycles. The predicted octanol–water partition coefficient (Wildman–Crippen LogP) is 1.85. The zero-order chi connectivity index (χ0) is 12.5. The van der Waals surface area contributed by atoms with E-state index in [1.165, 1.54) is 19.3 Å². The average Bonchev–Trinajstić information content (AvgIpc) is 2.38. The monoisotopic (exact) mass is 235 g/mol. The van der Waals surface area contributed by atoms with E-state index in [0.29, 0.717) is 12.1 Å². The van der Waals surface area contributed by atoms with Crippen LogP contribution in [0.3, 0.4) is 0 Å². The molecule has 0 aliphatic rings. The first kappa shape index (κ1) is 13.6. The summed E-state index contributed by atoms with van der Waals surface area (Å²) in [4.78, 5) is 15.8. The first-order valence-corrected chi connectivity index (χ1v) is 6.21. The fourth-order valence-electron chi connectivity index (χ4n) is 1.59. The number of hydrogen-bond donors (Lipinski definition) is 2. The highest BCUT2D eigenvalue weighted by Crippen LogP contribution is 2.02. The Morgan fingerprint density at radius 2 is 2.24 bits per heavy atom. The summed E-state index contributed by atoms with van der Waals surface area (Å²) in [6.07, 6.45) is 6.25. The highest BCUT2D eigenvalue weighted by Gasteiger charge is 2.05. The van der Waals surface area contributed by atoms with Crippen LogP contribution in [0.15, 0.2) is 18.3 Å². The molecule has 0 unspecified atom stereocenters. The molecular weight excluding hydrogens is 214 g/mol. The summed E-state index contributed by atoms with van der Waals surface area (Å²) in [7, 11) is 0. The predicted molar refractivity (Wildman–Crippen MR) is 68.6 cm³/mol. The number of nitrogens with two attached hydrogens (primary N) is 1. The Morgan fingerprint density at radius 1 is 1.41 bits per heavy atom. The van der Waals surface area contributed by atoms with Crippen molar-refractivity contribution in [3.8, 4) is 0 Å². The van der Waals surface area contributed by atoms with Gasteiger partial charge < -0.3 is 11.1 Å². The Hall–Kier alpha value is -1.42. The van der Waals surface area contributed by atoms with Crippen LogP contribution in [-0.4, -0.2) is 17.4 Å². The van der Waals surface area contributed by atoms with Gasteiger partial charge in [-0.25, -0.2) is 0 Å². The summed E-state index contributed by atoms with van der Waals surface area (Å²) in [5.41, 5.74) is 6.85. The van der Waals surface area contributed by atoms with Gasteiger partial charge in [-0.2, -0.15) is 0 Å². The molecule has 0 atom stereocenters. The van der Waals surface area contributed by atoms with Crippen LogP contribution in [0.5, 0.6) is 0 Å².